The molecule has 2 aliphatic rings. The molecule has 4 rings (SSSR count). The van der Waals surface area contributed by atoms with Crippen molar-refractivity contribution in [1.82, 2.24) is 4.98 Å². The zero-order chi connectivity index (χ0) is 21.4. The molecular formula is C26H32N2O2. The van der Waals surface area contributed by atoms with Crippen molar-refractivity contribution in [2.45, 2.75) is 70.3 Å². The van der Waals surface area contributed by atoms with Gasteiger partial charge in [0.1, 0.15) is 0 Å². The predicted molar refractivity (Wildman–Crippen MR) is 122 cm³/mol. The fourth-order valence-electron chi connectivity index (χ4n) is 5.58. The van der Waals surface area contributed by atoms with Gasteiger partial charge in [-0.25, -0.2) is 0 Å². The second kappa shape index (κ2) is 7.99. The molecular weight excluding hydrogens is 372 g/mol. The van der Waals surface area contributed by atoms with Gasteiger partial charge in [0.25, 0.3) is 5.91 Å². The van der Waals surface area contributed by atoms with Crippen molar-refractivity contribution in [3.05, 3.63) is 65.0 Å². The molecule has 0 bridgehead atoms. The number of aliphatic hydroxyl groups is 1. The Morgan fingerprint density at radius 1 is 1.27 bits per heavy atom. The van der Waals surface area contributed by atoms with Crippen LogP contribution in [0.5, 0.6) is 0 Å². The Bertz CT molecular complexity index is 983. The van der Waals surface area contributed by atoms with Crippen LogP contribution >= 0.6 is 0 Å². The van der Waals surface area contributed by atoms with E-state index < -0.39 is 5.60 Å². The molecule has 3 unspecified atom stereocenters. The Kier molecular flexibility index (Phi) is 5.54. The molecule has 1 heterocycles. The van der Waals surface area contributed by atoms with E-state index in [-0.39, 0.29) is 11.3 Å². The highest BCUT2D eigenvalue weighted by Crippen LogP contribution is 2.54. The molecule has 4 heteroatoms. The predicted octanol–water partition coefficient (Wildman–Crippen LogP) is 5.65. The molecule has 0 saturated heterocycles. The minimum atomic E-state index is -0.540. The Morgan fingerprint density at radius 2 is 2.10 bits per heavy atom. The molecule has 2 aliphatic carbocycles. The summed E-state index contributed by atoms with van der Waals surface area (Å²) in [6.07, 6.45) is 11.7. The summed E-state index contributed by atoms with van der Waals surface area (Å²) in [4.78, 5) is 17.1. The van der Waals surface area contributed by atoms with Crippen molar-refractivity contribution >= 4 is 17.7 Å². The van der Waals surface area contributed by atoms with Gasteiger partial charge in [0.05, 0.1) is 17.0 Å². The lowest BCUT2D eigenvalue weighted by molar-refractivity contribution is -0.0426. The number of anilines is 1. The van der Waals surface area contributed by atoms with Gasteiger partial charge in [-0.3, -0.25) is 9.78 Å². The highest BCUT2D eigenvalue weighted by molar-refractivity contribution is 6.05. The highest BCUT2D eigenvalue weighted by atomic mass is 16.3. The zero-order valence-corrected chi connectivity index (χ0v) is 18.2. The quantitative estimate of drug-likeness (QED) is 0.677. The minimum Gasteiger partial charge on any atom is -0.390 e. The van der Waals surface area contributed by atoms with Crippen molar-refractivity contribution in [3.63, 3.8) is 0 Å². The van der Waals surface area contributed by atoms with E-state index in [9.17, 15) is 9.90 Å². The average Bonchev–Trinajstić information content (AvgIpc) is 2.74. The fourth-order valence-corrected chi connectivity index (χ4v) is 5.58. The van der Waals surface area contributed by atoms with Crippen LogP contribution in [0, 0.1) is 12.8 Å². The molecule has 2 N–H and O–H groups in total. The van der Waals surface area contributed by atoms with Crippen LogP contribution in [0.3, 0.4) is 0 Å². The SMILES string of the molecule is CCCC1(O)CCC2(CC)c3ccc(C(=O)Nc4cccnc4C)cc3C=CC2C1. The zero-order valence-electron chi connectivity index (χ0n) is 18.2. The lowest BCUT2D eigenvalue weighted by Crippen LogP contribution is -2.48. The number of benzene rings is 1. The first-order valence-corrected chi connectivity index (χ1v) is 11.2. The standard InChI is InChI=1S/C26H32N2O2/c1-4-12-25(30)13-14-26(5-2)21(17-25)10-8-19-16-20(9-11-22(19)26)24(29)28-23-7-6-15-27-18(23)3/h6-11,15-16,21,30H,4-5,12-14,17H2,1-3H3,(H,28,29). The van der Waals surface area contributed by atoms with Crippen molar-refractivity contribution in [1.29, 1.82) is 0 Å². The van der Waals surface area contributed by atoms with Gasteiger partial charge in [-0.15, -0.1) is 0 Å². The maximum Gasteiger partial charge on any atom is 0.255 e. The van der Waals surface area contributed by atoms with E-state index in [4.69, 9.17) is 0 Å². The summed E-state index contributed by atoms with van der Waals surface area (Å²) in [5.41, 5.74) is 4.17. The van der Waals surface area contributed by atoms with Gasteiger partial charge in [-0.05, 0) is 80.3 Å². The van der Waals surface area contributed by atoms with Crippen LogP contribution in [-0.4, -0.2) is 21.6 Å². The van der Waals surface area contributed by atoms with Gasteiger partial charge in [-0.2, -0.15) is 0 Å². The normalized spacial score (nSPS) is 27.3. The van der Waals surface area contributed by atoms with E-state index in [0.29, 0.717) is 11.5 Å². The lowest BCUT2D eigenvalue weighted by Gasteiger charge is -2.51. The summed E-state index contributed by atoms with van der Waals surface area (Å²) in [5, 5.41) is 14.0. The van der Waals surface area contributed by atoms with Crippen molar-refractivity contribution in [2.75, 3.05) is 5.32 Å². The number of nitrogens with one attached hydrogen (secondary N) is 1. The van der Waals surface area contributed by atoms with Gasteiger partial charge >= 0.3 is 0 Å². The van der Waals surface area contributed by atoms with Gasteiger partial charge in [0.15, 0.2) is 0 Å². The third kappa shape index (κ3) is 3.58. The Balaban J connectivity index is 1.62. The summed E-state index contributed by atoms with van der Waals surface area (Å²) in [7, 11) is 0. The van der Waals surface area contributed by atoms with Crippen LogP contribution in [0.15, 0.2) is 42.6 Å². The van der Waals surface area contributed by atoms with Crippen LogP contribution in [0.4, 0.5) is 5.69 Å². The van der Waals surface area contributed by atoms with Crippen LogP contribution in [0.2, 0.25) is 0 Å². The molecule has 4 nitrogen and oxygen atoms in total. The Hall–Kier alpha value is -2.46. The number of hydrogen-bond acceptors (Lipinski definition) is 3. The second-order valence-electron chi connectivity index (χ2n) is 9.05. The Morgan fingerprint density at radius 3 is 2.83 bits per heavy atom. The molecule has 158 valence electrons. The van der Waals surface area contributed by atoms with Crippen molar-refractivity contribution < 1.29 is 9.90 Å². The fraction of sp³-hybridized carbons (Fsp3) is 0.462. The number of amides is 1. The smallest absolute Gasteiger partial charge is 0.255 e. The van der Waals surface area contributed by atoms with E-state index in [1.807, 2.05) is 31.2 Å². The molecule has 1 aromatic carbocycles. The van der Waals surface area contributed by atoms with Crippen LogP contribution in [-0.2, 0) is 5.41 Å². The van der Waals surface area contributed by atoms with E-state index in [1.54, 1.807) is 6.20 Å². The number of fused-ring (bicyclic) bond motifs is 3. The number of carbonyl (C=O) groups is 1. The number of rotatable bonds is 5. The molecule has 1 fully saturated rings. The third-order valence-corrected chi connectivity index (χ3v) is 7.31. The molecule has 1 amide bonds. The van der Waals surface area contributed by atoms with Crippen LogP contribution in [0.25, 0.3) is 6.08 Å². The summed E-state index contributed by atoms with van der Waals surface area (Å²) >= 11 is 0. The van der Waals surface area contributed by atoms with Crippen molar-refractivity contribution in [3.8, 4) is 0 Å². The summed E-state index contributed by atoms with van der Waals surface area (Å²) < 4.78 is 0. The van der Waals surface area contributed by atoms with Crippen LogP contribution in [0.1, 0.15) is 79.6 Å². The minimum absolute atomic E-state index is 0.0546. The van der Waals surface area contributed by atoms with E-state index in [1.165, 1.54) is 5.56 Å². The summed E-state index contributed by atoms with van der Waals surface area (Å²) in [5.74, 6) is 0.231. The average molecular weight is 405 g/mol. The summed E-state index contributed by atoms with van der Waals surface area (Å²) in [6.45, 7) is 6.29. The molecule has 30 heavy (non-hydrogen) atoms. The number of aromatic nitrogens is 1. The number of carbonyl (C=O) groups excluding carboxylic acids is 1. The number of aryl methyl sites for hydroxylation is 1. The van der Waals surface area contributed by atoms with E-state index in [2.05, 4.69) is 42.4 Å². The molecule has 0 radical (unpaired) electrons. The number of nitrogens with zero attached hydrogens (tertiary/aromatic N) is 1. The molecule has 0 spiro atoms. The number of allylic oxidation sites excluding steroid dienone is 1. The van der Waals surface area contributed by atoms with E-state index >= 15 is 0 Å². The first kappa shape index (κ1) is 20.8. The maximum atomic E-state index is 12.8. The second-order valence-corrected chi connectivity index (χ2v) is 9.05. The summed E-state index contributed by atoms with van der Waals surface area (Å²) in [6, 6.07) is 9.79. The Labute approximate surface area is 179 Å². The van der Waals surface area contributed by atoms with Gasteiger partial charge in [0.2, 0.25) is 0 Å². The first-order chi connectivity index (χ1) is 14.4. The van der Waals surface area contributed by atoms with E-state index in [0.717, 1.165) is 55.5 Å². The highest BCUT2D eigenvalue weighted by Gasteiger charge is 2.49. The first-order valence-electron chi connectivity index (χ1n) is 11.2. The molecule has 1 aromatic heterocycles. The monoisotopic (exact) mass is 404 g/mol. The molecule has 3 atom stereocenters. The molecule has 0 aliphatic heterocycles. The molecule has 1 saturated carbocycles. The van der Waals surface area contributed by atoms with Crippen molar-refractivity contribution in [2.24, 2.45) is 5.92 Å². The number of pyridine rings is 1. The molecule has 2 aromatic rings. The number of hydrogen-bond donors (Lipinski definition) is 2. The van der Waals surface area contributed by atoms with Gasteiger partial charge < -0.3 is 10.4 Å². The maximum absolute atomic E-state index is 12.8. The largest absolute Gasteiger partial charge is 0.390 e. The van der Waals surface area contributed by atoms with Crippen LogP contribution < -0.4 is 5.32 Å². The van der Waals surface area contributed by atoms with Gasteiger partial charge in [0, 0.05) is 17.2 Å². The lowest BCUT2D eigenvalue weighted by atomic mass is 9.55. The topological polar surface area (TPSA) is 62.2 Å². The third-order valence-electron chi connectivity index (χ3n) is 7.31. The van der Waals surface area contributed by atoms with Gasteiger partial charge in [-0.1, -0.05) is 38.5 Å².